The molecule has 3 aromatic carbocycles. The molecule has 4 aromatic rings. The standard InChI is InChI=1S/C30H26ClN3O3/c1-2-3-13-27-33-28(31)26(19-16-21-9-5-4-6-10-21)34(27)20-22-14-17-23(18-15-22)32-29(35)24-11-7-8-12-25(24)30(36)37/h4-12,14-15,17-18H,2-3,13,20H2,1H3,(H,32,35)(H,36,37). The van der Waals surface area contributed by atoms with E-state index in [0.717, 1.165) is 36.2 Å². The largest absolute Gasteiger partial charge is 0.478 e. The number of nitrogens with zero attached hydrogens (tertiary/aromatic N) is 2. The van der Waals surface area contributed by atoms with Crippen molar-refractivity contribution in [3.8, 4) is 11.8 Å². The van der Waals surface area contributed by atoms with Crippen LogP contribution in [0.1, 0.15) is 63.1 Å². The number of nitrogens with one attached hydrogen (secondary N) is 1. The minimum Gasteiger partial charge on any atom is -0.478 e. The molecular weight excluding hydrogens is 486 g/mol. The third kappa shape index (κ3) is 6.46. The highest BCUT2D eigenvalue weighted by molar-refractivity contribution is 6.30. The molecule has 4 rings (SSSR count). The van der Waals surface area contributed by atoms with Crippen molar-refractivity contribution >= 4 is 29.2 Å². The molecule has 1 heterocycles. The fourth-order valence-electron chi connectivity index (χ4n) is 3.88. The summed E-state index contributed by atoms with van der Waals surface area (Å²) in [5.74, 6) is 5.62. The predicted molar refractivity (Wildman–Crippen MR) is 145 cm³/mol. The van der Waals surface area contributed by atoms with Gasteiger partial charge in [0, 0.05) is 24.2 Å². The summed E-state index contributed by atoms with van der Waals surface area (Å²) in [4.78, 5) is 28.7. The van der Waals surface area contributed by atoms with E-state index < -0.39 is 11.9 Å². The molecule has 186 valence electrons. The van der Waals surface area contributed by atoms with Crippen LogP contribution in [0.15, 0.2) is 78.9 Å². The summed E-state index contributed by atoms with van der Waals surface area (Å²) in [5, 5.41) is 12.5. The quantitative estimate of drug-likeness (QED) is 0.273. The van der Waals surface area contributed by atoms with Crippen molar-refractivity contribution in [2.75, 3.05) is 5.32 Å². The maximum atomic E-state index is 12.7. The molecule has 0 fully saturated rings. The molecule has 6 nitrogen and oxygen atoms in total. The lowest BCUT2D eigenvalue weighted by Gasteiger charge is -2.11. The van der Waals surface area contributed by atoms with Gasteiger partial charge in [-0.3, -0.25) is 4.79 Å². The third-order valence-corrected chi connectivity index (χ3v) is 6.08. The van der Waals surface area contributed by atoms with Crippen LogP contribution in [0.4, 0.5) is 5.69 Å². The summed E-state index contributed by atoms with van der Waals surface area (Å²) in [7, 11) is 0. The van der Waals surface area contributed by atoms with Gasteiger partial charge in [-0.2, -0.15) is 0 Å². The second-order valence-corrected chi connectivity index (χ2v) is 8.83. The first-order valence-electron chi connectivity index (χ1n) is 12.0. The Hall–Kier alpha value is -4.34. The van der Waals surface area contributed by atoms with Gasteiger partial charge in [0.2, 0.25) is 0 Å². The Bertz CT molecular complexity index is 1470. The van der Waals surface area contributed by atoms with Crippen molar-refractivity contribution in [1.29, 1.82) is 0 Å². The molecule has 7 heteroatoms. The van der Waals surface area contributed by atoms with Crippen LogP contribution in [0, 0.1) is 11.8 Å². The number of unbranched alkanes of at least 4 members (excludes halogenated alkanes) is 1. The monoisotopic (exact) mass is 511 g/mol. The highest BCUT2D eigenvalue weighted by Crippen LogP contribution is 2.21. The lowest BCUT2D eigenvalue weighted by Crippen LogP contribution is -2.16. The summed E-state index contributed by atoms with van der Waals surface area (Å²) in [6, 6.07) is 23.2. The number of anilines is 1. The van der Waals surface area contributed by atoms with E-state index in [1.165, 1.54) is 12.1 Å². The first-order chi connectivity index (χ1) is 18.0. The summed E-state index contributed by atoms with van der Waals surface area (Å²) < 4.78 is 2.05. The molecule has 0 saturated heterocycles. The molecule has 0 aliphatic rings. The molecular formula is C30H26ClN3O3. The molecule has 37 heavy (non-hydrogen) atoms. The predicted octanol–water partition coefficient (Wildman–Crippen LogP) is 6.28. The van der Waals surface area contributed by atoms with Gasteiger partial charge in [-0.25, -0.2) is 9.78 Å². The zero-order chi connectivity index (χ0) is 26.2. The van der Waals surface area contributed by atoms with Crippen molar-refractivity contribution < 1.29 is 14.7 Å². The number of benzene rings is 3. The van der Waals surface area contributed by atoms with Crippen LogP contribution in [0.25, 0.3) is 0 Å². The molecule has 0 aliphatic carbocycles. The molecule has 0 atom stereocenters. The molecule has 1 aromatic heterocycles. The van der Waals surface area contributed by atoms with E-state index in [-0.39, 0.29) is 11.1 Å². The summed E-state index contributed by atoms with van der Waals surface area (Å²) in [6.07, 6.45) is 2.82. The van der Waals surface area contributed by atoms with E-state index >= 15 is 0 Å². The van der Waals surface area contributed by atoms with Crippen LogP contribution in [-0.4, -0.2) is 26.5 Å². The Kier molecular flexibility index (Phi) is 8.40. The fourth-order valence-corrected chi connectivity index (χ4v) is 4.12. The van der Waals surface area contributed by atoms with Gasteiger partial charge >= 0.3 is 5.97 Å². The number of imidazole rings is 1. The van der Waals surface area contributed by atoms with Crippen molar-refractivity contribution in [3.63, 3.8) is 0 Å². The Labute approximate surface area is 220 Å². The third-order valence-electron chi connectivity index (χ3n) is 5.81. The van der Waals surface area contributed by atoms with Crippen molar-refractivity contribution in [3.05, 3.63) is 118 Å². The highest BCUT2D eigenvalue weighted by Gasteiger charge is 2.17. The van der Waals surface area contributed by atoms with Crippen molar-refractivity contribution in [2.24, 2.45) is 0 Å². The normalized spacial score (nSPS) is 10.4. The number of rotatable bonds is 8. The molecule has 0 saturated carbocycles. The minimum absolute atomic E-state index is 0.0441. The minimum atomic E-state index is -1.15. The Balaban J connectivity index is 1.56. The summed E-state index contributed by atoms with van der Waals surface area (Å²) in [6.45, 7) is 2.65. The number of halogens is 1. The summed E-state index contributed by atoms with van der Waals surface area (Å²) >= 11 is 6.51. The number of carboxylic acid groups (broad SMARTS) is 1. The molecule has 2 N–H and O–H groups in total. The summed E-state index contributed by atoms with van der Waals surface area (Å²) in [5.41, 5.74) is 3.17. The number of hydrogen-bond acceptors (Lipinski definition) is 3. The number of carbonyl (C=O) groups excluding carboxylic acids is 1. The van der Waals surface area contributed by atoms with Gasteiger partial charge in [-0.1, -0.05) is 73.3 Å². The van der Waals surface area contributed by atoms with Gasteiger partial charge in [0.15, 0.2) is 5.15 Å². The number of aromatic carboxylic acids is 1. The van der Waals surface area contributed by atoms with E-state index in [1.54, 1.807) is 24.3 Å². The number of carbonyl (C=O) groups is 2. The van der Waals surface area contributed by atoms with Crippen molar-refractivity contribution in [1.82, 2.24) is 9.55 Å². The zero-order valence-electron chi connectivity index (χ0n) is 20.4. The van der Waals surface area contributed by atoms with Crippen molar-refractivity contribution in [2.45, 2.75) is 32.7 Å². The molecule has 0 spiro atoms. The average molecular weight is 512 g/mol. The van der Waals surface area contributed by atoms with Gasteiger partial charge in [-0.05, 0) is 54.3 Å². The van der Waals surface area contributed by atoms with Crippen LogP contribution >= 0.6 is 11.6 Å². The fraction of sp³-hybridized carbons (Fsp3) is 0.167. The van der Waals surface area contributed by atoms with Gasteiger partial charge < -0.3 is 15.0 Å². The van der Waals surface area contributed by atoms with E-state index in [0.29, 0.717) is 23.1 Å². The maximum absolute atomic E-state index is 12.7. The number of hydrogen-bond donors (Lipinski definition) is 2. The van der Waals surface area contributed by atoms with Gasteiger partial charge in [-0.15, -0.1) is 0 Å². The van der Waals surface area contributed by atoms with Gasteiger partial charge in [0.1, 0.15) is 11.5 Å². The first kappa shape index (κ1) is 25.7. The van der Waals surface area contributed by atoms with Crippen LogP contribution < -0.4 is 5.32 Å². The van der Waals surface area contributed by atoms with Gasteiger partial charge in [0.25, 0.3) is 5.91 Å². The number of amides is 1. The lowest BCUT2D eigenvalue weighted by molar-refractivity contribution is 0.0692. The number of aromatic nitrogens is 2. The average Bonchev–Trinajstić information content (AvgIpc) is 3.21. The number of aryl methyl sites for hydroxylation is 1. The molecule has 0 aliphatic heterocycles. The van der Waals surface area contributed by atoms with E-state index in [1.807, 2.05) is 47.0 Å². The zero-order valence-corrected chi connectivity index (χ0v) is 21.1. The molecule has 0 unspecified atom stereocenters. The van der Waals surface area contributed by atoms with E-state index in [4.69, 9.17) is 11.6 Å². The van der Waals surface area contributed by atoms with E-state index in [9.17, 15) is 14.7 Å². The molecule has 0 radical (unpaired) electrons. The van der Waals surface area contributed by atoms with Gasteiger partial charge in [0.05, 0.1) is 11.1 Å². The van der Waals surface area contributed by atoms with Crippen LogP contribution in [0.5, 0.6) is 0 Å². The van der Waals surface area contributed by atoms with Crippen LogP contribution in [0.2, 0.25) is 5.15 Å². The SMILES string of the molecule is CCCCc1nc(Cl)c(C#Cc2ccccc2)n1Cc1ccc(NC(=O)c2ccccc2C(=O)O)cc1. The Morgan fingerprint density at radius 2 is 1.62 bits per heavy atom. The first-order valence-corrected chi connectivity index (χ1v) is 12.4. The Morgan fingerprint density at radius 1 is 0.946 bits per heavy atom. The van der Waals surface area contributed by atoms with E-state index in [2.05, 4.69) is 29.1 Å². The maximum Gasteiger partial charge on any atom is 0.336 e. The smallest absolute Gasteiger partial charge is 0.336 e. The van der Waals surface area contributed by atoms with Crippen LogP contribution in [-0.2, 0) is 13.0 Å². The Morgan fingerprint density at radius 3 is 2.30 bits per heavy atom. The topological polar surface area (TPSA) is 84.2 Å². The highest BCUT2D eigenvalue weighted by atomic mass is 35.5. The molecule has 0 bridgehead atoms. The number of carboxylic acids is 1. The molecule has 1 amide bonds. The lowest BCUT2D eigenvalue weighted by atomic mass is 10.1. The van der Waals surface area contributed by atoms with Crippen LogP contribution in [0.3, 0.4) is 0 Å². The second kappa shape index (κ2) is 12.1. The second-order valence-electron chi connectivity index (χ2n) is 8.47.